The number of hydrogen-bond acceptors (Lipinski definition) is 4. The van der Waals surface area contributed by atoms with Gasteiger partial charge in [0.15, 0.2) is 0 Å². The van der Waals surface area contributed by atoms with E-state index in [2.05, 4.69) is 5.32 Å². The molecule has 0 heterocycles. The number of fused-ring (bicyclic) bond motifs is 1. The van der Waals surface area contributed by atoms with E-state index in [1.807, 2.05) is 0 Å². The number of aromatic carboxylic acids is 2. The second-order valence-corrected chi connectivity index (χ2v) is 4.85. The fraction of sp³-hybridized carbons (Fsp3) is 0.188. The number of amides is 1. The van der Waals surface area contributed by atoms with Gasteiger partial charge in [-0.15, -0.1) is 0 Å². The lowest BCUT2D eigenvalue weighted by atomic mass is 9.94. The summed E-state index contributed by atoms with van der Waals surface area (Å²) in [5, 5.41) is 21.9. The molecule has 3 N–H and O–H groups in total. The summed E-state index contributed by atoms with van der Waals surface area (Å²) in [5.74, 6) is -2.48. The zero-order valence-electron chi connectivity index (χ0n) is 12.5. The first-order valence-electron chi connectivity index (χ1n) is 6.70. The van der Waals surface area contributed by atoms with Crippen LogP contribution in [0, 0.1) is 0 Å². The maximum atomic E-state index is 11.5. The largest absolute Gasteiger partial charge is 0.496 e. The average Bonchev–Trinajstić information content (AvgIpc) is 2.50. The van der Waals surface area contributed by atoms with Gasteiger partial charge < -0.3 is 20.3 Å². The van der Waals surface area contributed by atoms with Crippen molar-refractivity contribution < 1.29 is 29.3 Å². The lowest BCUT2D eigenvalue weighted by Gasteiger charge is -2.16. The maximum absolute atomic E-state index is 11.5. The molecule has 0 unspecified atom stereocenters. The van der Waals surface area contributed by atoms with Crippen LogP contribution in [0.3, 0.4) is 0 Å². The molecule has 0 saturated heterocycles. The van der Waals surface area contributed by atoms with Crippen LogP contribution in [0.1, 0.15) is 33.2 Å². The molecule has 1 amide bonds. The quantitative estimate of drug-likeness (QED) is 0.776. The number of hydrogen-bond donors (Lipinski definition) is 3. The molecular weight excluding hydrogens is 302 g/mol. The fourth-order valence-electron chi connectivity index (χ4n) is 2.44. The minimum absolute atomic E-state index is 0.0952. The predicted octanol–water partition coefficient (Wildman–Crippen LogP) is 1.88. The van der Waals surface area contributed by atoms with E-state index in [4.69, 9.17) is 4.74 Å². The number of nitrogens with one attached hydrogen (secondary N) is 1. The topological polar surface area (TPSA) is 113 Å². The molecule has 2 aromatic carbocycles. The first-order chi connectivity index (χ1) is 10.9. The number of carboxylic acids is 2. The molecule has 0 aliphatic heterocycles. The van der Waals surface area contributed by atoms with Gasteiger partial charge >= 0.3 is 11.9 Å². The van der Waals surface area contributed by atoms with E-state index in [1.54, 1.807) is 6.07 Å². The molecule has 2 rings (SSSR count). The van der Waals surface area contributed by atoms with Gasteiger partial charge in [-0.25, -0.2) is 9.59 Å². The van der Waals surface area contributed by atoms with E-state index in [0.717, 1.165) is 0 Å². The summed E-state index contributed by atoms with van der Waals surface area (Å²) in [4.78, 5) is 34.1. The Labute approximate surface area is 131 Å². The Balaban J connectivity index is 2.87. The third-order valence-electron chi connectivity index (χ3n) is 3.43. The van der Waals surface area contributed by atoms with Crippen molar-refractivity contribution in [2.24, 2.45) is 0 Å². The molecule has 23 heavy (non-hydrogen) atoms. The van der Waals surface area contributed by atoms with E-state index in [-0.39, 0.29) is 34.7 Å². The number of carboxylic acid groups (broad SMARTS) is 2. The molecule has 0 saturated carbocycles. The minimum atomic E-state index is -1.26. The smallest absolute Gasteiger partial charge is 0.336 e. The molecule has 0 radical (unpaired) electrons. The SMILES string of the molecule is COc1cc(C(=O)O)c2c(C(=O)O)cccc2c1CNC(C)=O. The lowest BCUT2D eigenvalue weighted by Crippen LogP contribution is -2.20. The second-order valence-electron chi connectivity index (χ2n) is 4.85. The van der Waals surface area contributed by atoms with Crippen molar-refractivity contribution in [2.75, 3.05) is 7.11 Å². The summed E-state index contributed by atoms with van der Waals surface area (Å²) < 4.78 is 5.21. The van der Waals surface area contributed by atoms with E-state index >= 15 is 0 Å². The average molecular weight is 317 g/mol. The molecule has 2 aromatic rings. The van der Waals surface area contributed by atoms with E-state index < -0.39 is 11.9 Å². The molecular formula is C16H15NO6. The van der Waals surface area contributed by atoms with Crippen LogP contribution in [0.4, 0.5) is 0 Å². The van der Waals surface area contributed by atoms with Crippen LogP contribution < -0.4 is 10.1 Å². The Hall–Kier alpha value is -3.09. The highest BCUT2D eigenvalue weighted by molar-refractivity contribution is 6.14. The minimum Gasteiger partial charge on any atom is -0.496 e. The van der Waals surface area contributed by atoms with Crippen LogP contribution in [0.25, 0.3) is 10.8 Å². The summed E-state index contributed by atoms with van der Waals surface area (Å²) in [6.07, 6.45) is 0. The monoisotopic (exact) mass is 317 g/mol. The second kappa shape index (κ2) is 6.35. The van der Waals surface area contributed by atoms with Crippen LogP contribution in [0.15, 0.2) is 24.3 Å². The summed E-state index contributed by atoms with van der Waals surface area (Å²) >= 11 is 0. The first-order valence-corrected chi connectivity index (χ1v) is 6.70. The van der Waals surface area contributed by atoms with Crippen LogP contribution in [-0.2, 0) is 11.3 Å². The summed E-state index contributed by atoms with van der Waals surface area (Å²) in [7, 11) is 1.38. The number of methoxy groups -OCH3 is 1. The van der Waals surface area contributed by atoms with Crippen molar-refractivity contribution in [1.82, 2.24) is 5.32 Å². The number of benzene rings is 2. The Morgan fingerprint density at radius 3 is 2.30 bits per heavy atom. The van der Waals surface area contributed by atoms with Crippen molar-refractivity contribution in [3.63, 3.8) is 0 Å². The van der Waals surface area contributed by atoms with Gasteiger partial charge in [-0.1, -0.05) is 12.1 Å². The van der Waals surface area contributed by atoms with E-state index in [9.17, 15) is 24.6 Å². The van der Waals surface area contributed by atoms with Crippen molar-refractivity contribution in [1.29, 1.82) is 0 Å². The van der Waals surface area contributed by atoms with Gasteiger partial charge in [0.2, 0.25) is 5.91 Å². The lowest BCUT2D eigenvalue weighted by molar-refractivity contribution is -0.119. The van der Waals surface area contributed by atoms with Gasteiger partial charge in [-0.05, 0) is 17.5 Å². The van der Waals surface area contributed by atoms with Crippen molar-refractivity contribution >= 4 is 28.6 Å². The third kappa shape index (κ3) is 3.08. The van der Waals surface area contributed by atoms with Gasteiger partial charge in [0.25, 0.3) is 0 Å². The molecule has 7 heteroatoms. The van der Waals surface area contributed by atoms with E-state index in [0.29, 0.717) is 10.9 Å². The highest BCUT2D eigenvalue weighted by atomic mass is 16.5. The summed E-state index contributed by atoms with van der Waals surface area (Å²) in [6, 6.07) is 5.74. The number of ether oxygens (including phenoxy) is 1. The Morgan fingerprint density at radius 1 is 1.13 bits per heavy atom. The molecule has 0 atom stereocenters. The molecule has 0 aromatic heterocycles. The molecule has 0 bridgehead atoms. The van der Waals surface area contributed by atoms with Crippen LogP contribution >= 0.6 is 0 Å². The molecule has 7 nitrogen and oxygen atoms in total. The number of rotatable bonds is 5. The Bertz CT molecular complexity index is 812. The van der Waals surface area contributed by atoms with Gasteiger partial charge in [-0.2, -0.15) is 0 Å². The molecule has 0 spiro atoms. The van der Waals surface area contributed by atoms with Crippen LogP contribution in [-0.4, -0.2) is 35.2 Å². The predicted molar refractivity (Wildman–Crippen MR) is 81.9 cm³/mol. The normalized spacial score (nSPS) is 10.3. The Kier molecular flexibility index (Phi) is 4.49. The van der Waals surface area contributed by atoms with Gasteiger partial charge in [-0.3, -0.25) is 4.79 Å². The molecule has 0 fully saturated rings. The number of carbonyl (C=O) groups is 3. The van der Waals surface area contributed by atoms with Crippen molar-refractivity contribution in [2.45, 2.75) is 13.5 Å². The molecule has 120 valence electrons. The summed E-state index contributed by atoms with van der Waals surface area (Å²) in [6.45, 7) is 1.45. The van der Waals surface area contributed by atoms with Gasteiger partial charge in [0, 0.05) is 24.4 Å². The summed E-state index contributed by atoms with van der Waals surface area (Å²) in [5.41, 5.74) is 0.235. The highest BCUT2D eigenvalue weighted by Gasteiger charge is 2.21. The third-order valence-corrected chi connectivity index (χ3v) is 3.43. The van der Waals surface area contributed by atoms with Crippen molar-refractivity contribution in [3.8, 4) is 5.75 Å². The molecule has 0 aliphatic rings. The zero-order valence-corrected chi connectivity index (χ0v) is 12.5. The fourth-order valence-corrected chi connectivity index (χ4v) is 2.44. The standard InChI is InChI=1S/C16H15NO6/c1-8(18)17-7-12-9-4-3-5-10(15(19)20)14(9)11(16(21)22)6-13(12)23-2/h3-6H,7H2,1-2H3,(H,17,18)(H,19,20)(H,21,22). The maximum Gasteiger partial charge on any atom is 0.336 e. The van der Waals surface area contributed by atoms with Crippen molar-refractivity contribution in [3.05, 3.63) is 41.0 Å². The highest BCUT2D eigenvalue weighted by Crippen LogP contribution is 2.33. The van der Waals surface area contributed by atoms with Crippen LogP contribution in [0.5, 0.6) is 5.75 Å². The first kappa shape index (κ1) is 16.3. The Morgan fingerprint density at radius 2 is 1.78 bits per heavy atom. The van der Waals surface area contributed by atoms with Gasteiger partial charge in [0.1, 0.15) is 5.75 Å². The molecule has 0 aliphatic carbocycles. The van der Waals surface area contributed by atoms with Gasteiger partial charge in [0.05, 0.1) is 18.2 Å². The number of carbonyl (C=O) groups excluding carboxylic acids is 1. The van der Waals surface area contributed by atoms with E-state index in [1.165, 1.54) is 32.2 Å². The van der Waals surface area contributed by atoms with Crippen LogP contribution in [0.2, 0.25) is 0 Å². The zero-order chi connectivity index (χ0) is 17.1.